The summed E-state index contributed by atoms with van der Waals surface area (Å²) >= 11 is 0. The van der Waals surface area contributed by atoms with E-state index in [9.17, 15) is 0 Å². The van der Waals surface area contributed by atoms with Gasteiger partial charge in [0.2, 0.25) is 0 Å². The van der Waals surface area contributed by atoms with E-state index in [2.05, 4.69) is 37.4 Å². The van der Waals surface area contributed by atoms with E-state index in [1.807, 2.05) is 6.07 Å². The Hall–Kier alpha value is -1.18. The molecule has 104 valence electrons. The number of rotatable bonds is 5. The second-order valence-corrected chi connectivity index (χ2v) is 6.66. The van der Waals surface area contributed by atoms with Crippen LogP contribution in [0.5, 0.6) is 5.75 Å². The number of hydrogen-bond donors (Lipinski definition) is 1. The molecule has 2 heteroatoms. The lowest BCUT2D eigenvalue weighted by molar-refractivity contribution is 0.271. The van der Waals surface area contributed by atoms with E-state index in [-0.39, 0.29) is 0 Å². The summed E-state index contributed by atoms with van der Waals surface area (Å²) in [7, 11) is 0. The molecule has 2 bridgehead atoms. The van der Waals surface area contributed by atoms with Gasteiger partial charge in [-0.1, -0.05) is 26.3 Å². The molecular formula is C17H25NO. The van der Waals surface area contributed by atoms with Crippen LogP contribution in [0.2, 0.25) is 0 Å². The van der Waals surface area contributed by atoms with Crippen LogP contribution in [0, 0.1) is 17.8 Å². The van der Waals surface area contributed by atoms with Crippen LogP contribution < -0.4 is 10.1 Å². The largest absolute Gasteiger partial charge is 0.493 e. The van der Waals surface area contributed by atoms with E-state index < -0.39 is 0 Å². The summed E-state index contributed by atoms with van der Waals surface area (Å²) in [4.78, 5) is 0. The molecule has 1 aromatic rings. The monoisotopic (exact) mass is 259 g/mol. The van der Waals surface area contributed by atoms with Gasteiger partial charge >= 0.3 is 0 Å². The first kappa shape index (κ1) is 12.8. The zero-order valence-electron chi connectivity index (χ0n) is 12.1. The average Bonchev–Trinajstić information content (AvgIpc) is 2.99. The Morgan fingerprint density at radius 1 is 1.26 bits per heavy atom. The average molecular weight is 259 g/mol. The summed E-state index contributed by atoms with van der Waals surface area (Å²) in [5.74, 6) is 3.46. The molecule has 3 rings (SSSR count). The highest BCUT2D eigenvalue weighted by Gasteiger charge is 2.39. The molecular weight excluding hydrogens is 234 g/mol. The van der Waals surface area contributed by atoms with Gasteiger partial charge in [-0.15, -0.1) is 0 Å². The Labute approximate surface area is 116 Å². The van der Waals surface area contributed by atoms with Gasteiger partial charge < -0.3 is 10.1 Å². The van der Waals surface area contributed by atoms with Crippen LogP contribution in [0.4, 0.5) is 5.69 Å². The van der Waals surface area contributed by atoms with Crippen molar-refractivity contribution in [1.29, 1.82) is 0 Å². The third-order valence-electron chi connectivity index (χ3n) is 4.51. The van der Waals surface area contributed by atoms with Crippen molar-refractivity contribution >= 4 is 5.69 Å². The van der Waals surface area contributed by atoms with Gasteiger partial charge in [-0.25, -0.2) is 0 Å². The Balaban J connectivity index is 1.60. The SMILES string of the molecule is CC(C)COc1cccc(NC2CC3CCC2C3)c1. The molecule has 3 atom stereocenters. The molecule has 3 unspecified atom stereocenters. The summed E-state index contributed by atoms with van der Waals surface area (Å²) in [6.45, 7) is 5.15. The maximum Gasteiger partial charge on any atom is 0.121 e. The summed E-state index contributed by atoms with van der Waals surface area (Å²) in [6, 6.07) is 9.14. The molecule has 0 saturated heterocycles. The van der Waals surface area contributed by atoms with E-state index in [1.54, 1.807) is 0 Å². The molecule has 2 fully saturated rings. The maximum absolute atomic E-state index is 5.79. The van der Waals surface area contributed by atoms with Crippen molar-refractivity contribution in [2.24, 2.45) is 17.8 Å². The molecule has 1 aromatic carbocycles. The minimum Gasteiger partial charge on any atom is -0.493 e. The lowest BCUT2D eigenvalue weighted by atomic mass is 9.95. The summed E-state index contributed by atoms with van der Waals surface area (Å²) < 4.78 is 5.79. The first-order valence-corrected chi connectivity index (χ1v) is 7.70. The van der Waals surface area contributed by atoms with Crippen LogP contribution in [0.15, 0.2) is 24.3 Å². The van der Waals surface area contributed by atoms with Crippen molar-refractivity contribution in [2.75, 3.05) is 11.9 Å². The number of nitrogens with one attached hydrogen (secondary N) is 1. The highest BCUT2D eigenvalue weighted by Crippen LogP contribution is 2.45. The topological polar surface area (TPSA) is 21.3 Å². The first-order chi connectivity index (χ1) is 9.20. The van der Waals surface area contributed by atoms with Crippen molar-refractivity contribution in [3.8, 4) is 5.75 Å². The molecule has 2 aliphatic carbocycles. The van der Waals surface area contributed by atoms with Crippen LogP contribution >= 0.6 is 0 Å². The third-order valence-corrected chi connectivity index (χ3v) is 4.51. The third kappa shape index (κ3) is 3.05. The predicted octanol–water partition coefficient (Wildman–Crippen LogP) is 4.32. The lowest BCUT2D eigenvalue weighted by Gasteiger charge is -2.24. The molecule has 2 saturated carbocycles. The van der Waals surface area contributed by atoms with Crippen molar-refractivity contribution in [1.82, 2.24) is 0 Å². The molecule has 1 N–H and O–H groups in total. The van der Waals surface area contributed by atoms with Gasteiger partial charge in [-0.3, -0.25) is 0 Å². The maximum atomic E-state index is 5.79. The second-order valence-electron chi connectivity index (χ2n) is 6.66. The molecule has 0 aliphatic heterocycles. The van der Waals surface area contributed by atoms with Crippen molar-refractivity contribution in [3.05, 3.63) is 24.3 Å². The molecule has 0 heterocycles. The molecule has 2 aliphatic rings. The standard InChI is InChI=1S/C17H25NO/c1-12(2)11-19-16-5-3-4-15(10-16)18-17-9-13-6-7-14(17)8-13/h3-5,10,12-14,17-18H,6-9,11H2,1-2H3. The van der Waals surface area contributed by atoms with Crippen LogP contribution in [-0.4, -0.2) is 12.6 Å². The molecule has 0 radical (unpaired) electrons. The fraction of sp³-hybridized carbons (Fsp3) is 0.647. The zero-order valence-corrected chi connectivity index (χ0v) is 12.1. The second kappa shape index (κ2) is 5.44. The van der Waals surface area contributed by atoms with Crippen LogP contribution in [0.25, 0.3) is 0 Å². The number of ether oxygens (including phenoxy) is 1. The van der Waals surface area contributed by atoms with Crippen molar-refractivity contribution < 1.29 is 4.74 Å². The lowest BCUT2D eigenvalue weighted by Crippen LogP contribution is -2.25. The highest BCUT2D eigenvalue weighted by atomic mass is 16.5. The van der Waals surface area contributed by atoms with Crippen LogP contribution in [0.3, 0.4) is 0 Å². The predicted molar refractivity (Wildman–Crippen MR) is 79.6 cm³/mol. The minimum atomic E-state index is 0.571. The highest BCUT2D eigenvalue weighted by molar-refractivity contribution is 5.49. The van der Waals surface area contributed by atoms with E-state index in [1.165, 1.54) is 31.4 Å². The number of benzene rings is 1. The van der Waals surface area contributed by atoms with Crippen molar-refractivity contribution in [3.63, 3.8) is 0 Å². The Morgan fingerprint density at radius 2 is 2.16 bits per heavy atom. The van der Waals surface area contributed by atoms with Gasteiger partial charge in [0, 0.05) is 17.8 Å². The number of hydrogen-bond acceptors (Lipinski definition) is 2. The summed E-state index contributed by atoms with van der Waals surface area (Å²) in [6.07, 6.45) is 5.69. The van der Waals surface area contributed by atoms with E-state index in [0.29, 0.717) is 12.0 Å². The minimum absolute atomic E-state index is 0.571. The summed E-state index contributed by atoms with van der Waals surface area (Å²) in [5.41, 5.74) is 1.22. The van der Waals surface area contributed by atoms with Gasteiger partial charge in [0.25, 0.3) is 0 Å². The first-order valence-electron chi connectivity index (χ1n) is 7.70. The van der Waals surface area contributed by atoms with Gasteiger partial charge in [0.15, 0.2) is 0 Å². The van der Waals surface area contributed by atoms with Gasteiger partial charge in [-0.05, 0) is 49.1 Å². The summed E-state index contributed by atoms with van der Waals surface area (Å²) in [5, 5.41) is 3.72. The molecule has 0 aromatic heterocycles. The molecule has 19 heavy (non-hydrogen) atoms. The molecule has 0 amide bonds. The Morgan fingerprint density at radius 3 is 2.84 bits per heavy atom. The fourth-order valence-electron chi connectivity index (χ4n) is 3.57. The Bertz CT molecular complexity index is 429. The number of fused-ring (bicyclic) bond motifs is 2. The molecule has 2 nitrogen and oxygen atoms in total. The van der Waals surface area contributed by atoms with Gasteiger partial charge in [0.1, 0.15) is 5.75 Å². The zero-order chi connectivity index (χ0) is 13.2. The normalized spacial score (nSPS) is 28.9. The van der Waals surface area contributed by atoms with Crippen LogP contribution in [-0.2, 0) is 0 Å². The van der Waals surface area contributed by atoms with Crippen LogP contribution in [0.1, 0.15) is 39.5 Å². The van der Waals surface area contributed by atoms with E-state index >= 15 is 0 Å². The van der Waals surface area contributed by atoms with Gasteiger partial charge in [-0.2, -0.15) is 0 Å². The quantitative estimate of drug-likeness (QED) is 0.850. The fourth-order valence-corrected chi connectivity index (χ4v) is 3.57. The van der Waals surface area contributed by atoms with E-state index in [4.69, 9.17) is 4.74 Å². The van der Waals surface area contributed by atoms with Crippen molar-refractivity contribution in [2.45, 2.75) is 45.6 Å². The molecule has 0 spiro atoms. The van der Waals surface area contributed by atoms with Gasteiger partial charge in [0.05, 0.1) is 6.61 Å². The van der Waals surface area contributed by atoms with E-state index in [0.717, 1.165) is 24.2 Å². The Kier molecular flexibility index (Phi) is 3.67. The smallest absolute Gasteiger partial charge is 0.121 e. The number of anilines is 1.